The molecule has 3 aromatic heterocycles. The number of hydrogen-bond acceptors (Lipinski definition) is 9. The van der Waals surface area contributed by atoms with E-state index < -0.39 is 0 Å². The van der Waals surface area contributed by atoms with E-state index in [0.717, 1.165) is 58.9 Å². The van der Waals surface area contributed by atoms with Crippen LogP contribution in [0.1, 0.15) is 11.8 Å². The number of hydrogen-bond donors (Lipinski definition) is 2. The Morgan fingerprint density at radius 1 is 1.06 bits per heavy atom. The quantitative estimate of drug-likeness (QED) is 0.400. The third kappa shape index (κ3) is 5.71. The summed E-state index contributed by atoms with van der Waals surface area (Å²) in [5.41, 5.74) is 4.30. The summed E-state index contributed by atoms with van der Waals surface area (Å²) in [6.07, 6.45) is 5.33. The molecule has 1 aromatic carbocycles. The fourth-order valence-electron chi connectivity index (χ4n) is 3.85. The summed E-state index contributed by atoms with van der Waals surface area (Å²) < 4.78 is 11.5. The second-order valence-electron chi connectivity index (χ2n) is 8.63. The highest BCUT2D eigenvalue weighted by atomic mass is 16.5. The van der Waals surface area contributed by atoms with E-state index in [9.17, 15) is 0 Å². The molecule has 0 saturated carbocycles. The van der Waals surface area contributed by atoms with Gasteiger partial charge in [0.25, 0.3) is 0 Å². The van der Waals surface area contributed by atoms with Gasteiger partial charge >= 0.3 is 0 Å². The van der Waals surface area contributed by atoms with Crippen LogP contribution in [0.4, 0.5) is 11.6 Å². The number of aromatic nitrogens is 4. The normalized spacial score (nSPS) is 15.9. The van der Waals surface area contributed by atoms with E-state index in [1.807, 2.05) is 62.8 Å². The first-order valence-electron chi connectivity index (χ1n) is 11.7. The predicted molar refractivity (Wildman–Crippen MR) is 136 cm³/mol. The second kappa shape index (κ2) is 10.7. The monoisotopic (exact) mass is 471 g/mol. The lowest BCUT2D eigenvalue weighted by molar-refractivity contribution is 0.0250. The molecule has 1 aliphatic rings. The fraction of sp³-hybridized carbons (Fsp3) is 0.308. The van der Waals surface area contributed by atoms with Crippen LogP contribution >= 0.6 is 0 Å². The number of likely N-dealkylation sites (N-methyl/N-ethyl adjacent to an activating group) is 1. The summed E-state index contributed by atoms with van der Waals surface area (Å²) in [7, 11) is 4.04. The summed E-state index contributed by atoms with van der Waals surface area (Å²) >= 11 is 0. The number of para-hydroxylation sites is 1. The van der Waals surface area contributed by atoms with Crippen LogP contribution in [-0.4, -0.2) is 71.8 Å². The third-order valence-electron chi connectivity index (χ3n) is 5.73. The highest BCUT2D eigenvalue weighted by molar-refractivity contribution is 5.92. The lowest BCUT2D eigenvalue weighted by Gasteiger charge is -2.23. The molecule has 1 fully saturated rings. The van der Waals surface area contributed by atoms with Gasteiger partial charge in [0.2, 0.25) is 5.95 Å². The van der Waals surface area contributed by atoms with Crippen molar-refractivity contribution in [2.45, 2.75) is 6.10 Å². The maximum Gasteiger partial charge on any atom is 0.227 e. The van der Waals surface area contributed by atoms with Gasteiger partial charge in [-0.05, 0) is 38.4 Å². The molecule has 4 heterocycles. The van der Waals surface area contributed by atoms with Gasteiger partial charge in [0, 0.05) is 36.8 Å². The van der Waals surface area contributed by atoms with E-state index in [4.69, 9.17) is 14.5 Å². The van der Waals surface area contributed by atoms with Crippen molar-refractivity contribution >= 4 is 22.5 Å². The number of pyridine rings is 2. The van der Waals surface area contributed by atoms with E-state index in [1.54, 1.807) is 12.4 Å². The molecule has 9 heteroatoms. The predicted octanol–water partition coefficient (Wildman–Crippen LogP) is 3.43. The molecular formula is C26H29N7O2. The van der Waals surface area contributed by atoms with E-state index in [1.165, 1.54) is 0 Å². The first kappa shape index (κ1) is 23.1. The van der Waals surface area contributed by atoms with Crippen LogP contribution in [0.3, 0.4) is 0 Å². The summed E-state index contributed by atoms with van der Waals surface area (Å²) in [6.45, 7) is 3.81. The summed E-state index contributed by atoms with van der Waals surface area (Å²) in [5, 5.41) is 7.53. The zero-order chi connectivity index (χ0) is 24.0. The van der Waals surface area contributed by atoms with Gasteiger partial charge in [-0.25, -0.2) is 9.97 Å². The van der Waals surface area contributed by atoms with Crippen molar-refractivity contribution in [1.29, 1.82) is 0 Å². The Morgan fingerprint density at radius 2 is 2.00 bits per heavy atom. The SMILES string of the molecule is CN(C)CCOc1ccc(-c2cccc3cnc(Nc4ccc(C5CNCCO5)nc4)nc23)nc1. The Bertz CT molecular complexity index is 1260. The largest absolute Gasteiger partial charge is 0.491 e. The number of anilines is 2. The standard InChI is InChI=1S/C26H29N7O2/c1-33(2)11-13-34-20-7-9-22(29-16-20)21-5-3-4-18-14-30-26(32-25(18)21)31-19-6-8-23(28-15-19)24-17-27-10-12-35-24/h3-9,14-16,24,27H,10-13,17H2,1-2H3,(H,30,31,32). The van der Waals surface area contributed by atoms with Gasteiger partial charge < -0.3 is 25.0 Å². The lowest BCUT2D eigenvalue weighted by atomic mass is 10.1. The van der Waals surface area contributed by atoms with Crippen molar-refractivity contribution < 1.29 is 9.47 Å². The Hall–Kier alpha value is -3.66. The van der Waals surface area contributed by atoms with Crippen molar-refractivity contribution in [1.82, 2.24) is 30.2 Å². The number of rotatable bonds is 8. The number of ether oxygens (including phenoxy) is 2. The maximum atomic E-state index is 5.78. The van der Waals surface area contributed by atoms with Crippen LogP contribution in [0.25, 0.3) is 22.2 Å². The highest BCUT2D eigenvalue weighted by Crippen LogP contribution is 2.28. The molecule has 2 N–H and O–H groups in total. The number of fused-ring (bicyclic) bond motifs is 1. The van der Waals surface area contributed by atoms with Crippen LogP contribution in [0.2, 0.25) is 0 Å². The summed E-state index contributed by atoms with van der Waals surface area (Å²) in [5.74, 6) is 1.25. The molecule has 9 nitrogen and oxygen atoms in total. The van der Waals surface area contributed by atoms with E-state index in [0.29, 0.717) is 19.2 Å². The third-order valence-corrected chi connectivity index (χ3v) is 5.73. The van der Waals surface area contributed by atoms with Gasteiger partial charge in [-0.1, -0.05) is 18.2 Å². The second-order valence-corrected chi connectivity index (χ2v) is 8.63. The molecule has 1 atom stereocenters. The van der Waals surface area contributed by atoms with E-state index in [2.05, 4.69) is 30.5 Å². The zero-order valence-electron chi connectivity index (χ0n) is 19.9. The van der Waals surface area contributed by atoms with Crippen LogP contribution in [0.5, 0.6) is 5.75 Å². The average molecular weight is 472 g/mol. The van der Waals surface area contributed by atoms with Gasteiger partial charge in [0.1, 0.15) is 18.5 Å². The zero-order valence-corrected chi connectivity index (χ0v) is 19.9. The van der Waals surface area contributed by atoms with Gasteiger partial charge in [-0.2, -0.15) is 0 Å². The summed E-state index contributed by atoms with van der Waals surface area (Å²) in [6, 6.07) is 13.8. The van der Waals surface area contributed by atoms with Crippen LogP contribution in [0, 0.1) is 0 Å². The van der Waals surface area contributed by atoms with Crippen molar-refractivity contribution in [3.05, 3.63) is 66.7 Å². The van der Waals surface area contributed by atoms with Gasteiger partial charge in [0.05, 0.1) is 41.6 Å². The van der Waals surface area contributed by atoms with Gasteiger partial charge in [-0.3, -0.25) is 9.97 Å². The average Bonchev–Trinajstić information content (AvgIpc) is 2.89. The molecule has 1 unspecified atom stereocenters. The maximum absolute atomic E-state index is 5.78. The Balaban J connectivity index is 1.33. The number of nitrogens with zero attached hydrogens (tertiary/aromatic N) is 5. The molecule has 0 radical (unpaired) electrons. The topological polar surface area (TPSA) is 97.3 Å². The van der Waals surface area contributed by atoms with Crippen LogP contribution < -0.4 is 15.4 Å². The van der Waals surface area contributed by atoms with Crippen LogP contribution in [-0.2, 0) is 4.74 Å². The molecular weight excluding hydrogens is 442 g/mol. The van der Waals surface area contributed by atoms with Crippen molar-refractivity contribution in [2.24, 2.45) is 0 Å². The van der Waals surface area contributed by atoms with Crippen molar-refractivity contribution in [3.8, 4) is 17.0 Å². The van der Waals surface area contributed by atoms with E-state index >= 15 is 0 Å². The minimum atomic E-state index is -0.0189. The Labute approximate surface area is 204 Å². The molecule has 1 saturated heterocycles. The molecule has 0 spiro atoms. The molecule has 4 aromatic rings. The number of benzene rings is 1. The molecule has 5 rings (SSSR count). The van der Waals surface area contributed by atoms with E-state index in [-0.39, 0.29) is 6.10 Å². The first-order valence-corrected chi connectivity index (χ1v) is 11.7. The molecule has 180 valence electrons. The number of nitrogens with one attached hydrogen (secondary N) is 2. The Morgan fingerprint density at radius 3 is 2.74 bits per heavy atom. The highest BCUT2D eigenvalue weighted by Gasteiger charge is 2.17. The molecule has 0 amide bonds. The summed E-state index contributed by atoms with van der Waals surface area (Å²) in [4.78, 5) is 20.5. The van der Waals surface area contributed by atoms with Crippen LogP contribution in [0.15, 0.2) is 61.1 Å². The lowest BCUT2D eigenvalue weighted by Crippen LogP contribution is -2.33. The first-order chi connectivity index (χ1) is 17.2. The molecule has 1 aliphatic heterocycles. The van der Waals surface area contributed by atoms with Crippen molar-refractivity contribution in [2.75, 3.05) is 52.3 Å². The molecule has 0 bridgehead atoms. The molecule has 0 aliphatic carbocycles. The smallest absolute Gasteiger partial charge is 0.227 e. The van der Waals surface area contributed by atoms with Gasteiger partial charge in [-0.15, -0.1) is 0 Å². The molecule has 35 heavy (non-hydrogen) atoms. The minimum Gasteiger partial charge on any atom is -0.491 e. The fourth-order valence-corrected chi connectivity index (χ4v) is 3.85. The van der Waals surface area contributed by atoms with Crippen molar-refractivity contribution in [3.63, 3.8) is 0 Å². The van der Waals surface area contributed by atoms with Gasteiger partial charge in [0.15, 0.2) is 0 Å². The number of morpholine rings is 1. The Kier molecular flexibility index (Phi) is 7.08. The minimum absolute atomic E-state index is 0.0189.